The Morgan fingerprint density at radius 2 is 2.00 bits per heavy atom. The zero-order valence-electron chi connectivity index (χ0n) is 19.6. The van der Waals surface area contributed by atoms with Crippen molar-refractivity contribution in [3.8, 4) is 10.7 Å². The summed E-state index contributed by atoms with van der Waals surface area (Å²) < 4.78 is 42.8. The molecule has 0 spiro atoms. The first-order valence-electron chi connectivity index (χ1n) is 11.0. The highest BCUT2D eigenvalue weighted by atomic mass is 32.1. The summed E-state index contributed by atoms with van der Waals surface area (Å²) in [6, 6.07) is 5.29. The van der Waals surface area contributed by atoms with E-state index < -0.39 is 12.1 Å². The number of carbonyl (C=O) groups excluding carboxylic acids is 1. The van der Waals surface area contributed by atoms with E-state index in [1.165, 1.54) is 36.1 Å². The molecule has 0 atom stereocenters. The Morgan fingerprint density at radius 1 is 1.19 bits per heavy atom. The van der Waals surface area contributed by atoms with Gasteiger partial charge in [0.05, 0.1) is 29.4 Å². The number of hydrogen-bond donors (Lipinski definition) is 0. The van der Waals surface area contributed by atoms with Gasteiger partial charge < -0.3 is 19.2 Å². The van der Waals surface area contributed by atoms with Gasteiger partial charge in [-0.2, -0.15) is 23.3 Å². The fraction of sp³-hybridized carbons (Fsp3) is 0.318. The molecule has 0 N–H and O–H groups in total. The van der Waals surface area contributed by atoms with E-state index in [2.05, 4.69) is 39.7 Å². The highest BCUT2D eigenvalue weighted by molar-refractivity contribution is 7.15. The number of likely N-dealkylation sites (N-methyl/N-ethyl adjacent to an activating group) is 1. The maximum Gasteiger partial charge on any atom is 0.471 e. The molecule has 4 aromatic heterocycles. The minimum atomic E-state index is -4.72. The van der Waals surface area contributed by atoms with Crippen molar-refractivity contribution in [1.82, 2.24) is 40.1 Å². The number of carbonyl (C=O) groups is 1. The molecule has 0 unspecified atom stereocenters. The number of alkyl halides is 3. The number of aromatic nitrogens is 6. The molecule has 5 rings (SSSR count). The first-order valence-corrected chi connectivity index (χ1v) is 11.8. The first-order chi connectivity index (χ1) is 17.7. The highest BCUT2D eigenvalue weighted by Gasteiger charge is 2.38. The molecule has 0 aromatic carbocycles. The summed E-state index contributed by atoms with van der Waals surface area (Å²) in [5.74, 6) is -0.900. The molecule has 37 heavy (non-hydrogen) atoms. The van der Waals surface area contributed by atoms with Crippen LogP contribution in [-0.4, -0.2) is 79.2 Å². The summed E-state index contributed by atoms with van der Waals surface area (Å²) in [6.45, 7) is 1.48. The van der Waals surface area contributed by atoms with Crippen molar-refractivity contribution < 1.29 is 22.5 Å². The molecule has 11 nitrogen and oxygen atoms in total. The molecule has 4 aromatic rings. The average molecular weight is 532 g/mol. The minimum Gasteiger partial charge on any atom is -0.335 e. The van der Waals surface area contributed by atoms with E-state index in [-0.39, 0.29) is 18.3 Å². The lowest BCUT2D eigenvalue weighted by atomic mass is 10.1. The van der Waals surface area contributed by atoms with Gasteiger partial charge in [-0.25, -0.2) is 4.98 Å². The molecule has 1 fully saturated rings. The van der Waals surface area contributed by atoms with Crippen LogP contribution in [0.15, 0.2) is 47.5 Å². The zero-order valence-corrected chi connectivity index (χ0v) is 20.4. The Hall–Kier alpha value is -3.98. The highest BCUT2D eigenvalue weighted by Crippen LogP contribution is 2.33. The number of halogens is 3. The third kappa shape index (κ3) is 5.27. The Labute approximate surface area is 212 Å². The minimum absolute atomic E-state index is 0.149. The topological polar surface area (TPSA) is 117 Å². The lowest BCUT2D eigenvalue weighted by Crippen LogP contribution is -2.59. The number of rotatable bonds is 7. The van der Waals surface area contributed by atoms with Crippen molar-refractivity contribution in [2.45, 2.75) is 18.8 Å². The van der Waals surface area contributed by atoms with Crippen molar-refractivity contribution in [2.24, 2.45) is 0 Å². The van der Waals surface area contributed by atoms with Crippen molar-refractivity contribution in [2.75, 3.05) is 32.1 Å². The molecular weight excluding hydrogens is 511 g/mol. The van der Waals surface area contributed by atoms with Gasteiger partial charge in [-0.1, -0.05) is 5.16 Å². The summed E-state index contributed by atoms with van der Waals surface area (Å²) in [4.78, 5) is 31.6. The van der Waals surface area contributed by atoms with Gasteiger partial charge in [0.1, 0.15) is 0 Å². The molecule has 0 bridgehead atoms. The number of thiophene rings is 1. The number of likely N-dealkylation sites (tertiary alicyclic amines) is 1. The standard InChI is InChI=1S/C22H20F3N9O2S/c1-32(2)14-10-33(11-14)20(35)13-7-17(30-28-8-13)34(18-9-26-5-6-27-18)12-15-3-4-16(37-15)19-29-21(36-31-19)22(23,24)25/h3-9,14H,10-12H2,1-2H3. The maximum absolute atomic E-state index is 13.0. The Balaban J connectivity index is 1.39. The number of anilines is 2. The van der Waals surface area contributed by atoms with Crippen LogP contribution < -0.4 is 4.90 Å². The second kappa shape index (κ2) is 9.82. The molecule has 15 heteroatoms. The summed E-state index contributed by atoms with van der Waals surface area (Å²) >= 11 is 1.19. The smallest absolute Gasteiger partial charge is 0.335 e. The van der Waals surface area contributed by atoms with E-state index in [0.717, 1.165) is 4.88 Å². The largest absolute Gasteiger partial charge is 0.471 e. The Bertz CT molecular complexity index is 1390. The van der Waals surface area contributed by atoms with E-state index in [1.807, 2.05) is 14.1 Å². The number of nitrogens with zero attached hydrogens (tertiary/aromatic N) is 9. The molecule has 1 saturated heterocycles. The third-order valence-corrected chi connectivity index (χ3v) is 6.80. The van der Waals surface area contributed by atoms with Gasteiger partial charge in [0, 0.05) is 36.4 Å². The lowest BCUT2D eigenvalue weighted by molar-refractivity contribution is -0.159. The quantitative estimate of drug-likeness (QED) is 0.352. The normalized spacial score (nSPS) is 14.2. The van der Waals surface area contributed by atoms with Crippen molar-refractivity contribution >= 4 is 28.9 Å². The third-order valence-electron chi connectivity index (χ3n) is 5.74. The van der Waals surface area contributed by atoms with Crippen molar-refractivity contribution in [1.29, 1.82) is 0 Å². The zero-order chi connectivity index (χ0) is 26.2. The first kappa shape index (κ1) is 24.7. The van der Waals surface area contributed by atoms with Crippen LogP contribution in [0.4, 0.5) is 24.8 Å². The Kier molecular flexibility index (Phi) is 6.55. The molecule has 5 heterocycles. The summed E-state index contributed by atoms with van der Waals surface area (Å²) in [6.07, 6.45) is 1.27. The van der Waals surface area contributed by atoms with Crippen LogP contribution >= 0.6 is 11.3 Å². The molecule has 1 aliphatic rings. The van der Waals surface area contributed by atoms with Crippen LogP contribution in [0.1, 0.15) is 21.1 Å². The second-order valence-corrected chi connectivity index (χ2v) is 9.63. The van der Waals surface area contributed by atoms with Gasteiger partial charge in [-0.15, -0.1) is 16.4 Å². The lowest BCUT2D eigenvalue weighted by Gasteiger charge is -2.42. The maximum atomic E-state index is 13.0. The van der Waals surface area contributed by atoms with Crippen LogP contribution in [0.2, 0.25) is 0 Å². The summed E-state index contributed by atoms with van der Waals surface area (Å²) in [5.41, 5.74) is 0.384. The fourth-order valence-electron chi connectivity index (χ4n) is 3.62. The van der Waals surface area contributed by atoms with Crippen molar-refractivity contribution in [3.63, 3.8) is 0 Å². The van der Waals surface area contributed by atoms with E-state index in [1.54, 1.807) is 28.0 Å². The SMILES string of the molecule is CN(C)C1CN(C(=O)c2cnnc(N(Cc3ccc(-c4noc(C(F)(F)F)n4)s3)c3cnccn3)c2)C1. The summed E-state index contributed by atoms with van der Waals surface area (Å²) in [7, 11) is 3.95. The van der Waals surface area contributed by atoms with Gasteiger partial charge in [0.25, 0.3) is 5.91 Å². The van der Waals surface area contributed by atoms with Gasteiger partial charge in [-0.05, 0) is 32.3 Å². The molecule has 1 amide bonds. The van der Waals surface area contributed by atoms with Gasteiger partial charge in [0.2, 0.25) is 5.82 Å². The van der Waals surface area contributed by atoms with E-state index >= 15 is 0 Å². The molecule has 1 aliphatic heterocycles. The van der Waals surface area contributed by atoms with Crippen LogP contribution in [0.5, 0.6) is 0 Å². The monoisotopic (exact) mass is 531 g/mol. The molecule has 0 aliphatic carbocycles. The van der Waals surface area contributed by atoms with Crippen LogP contribution in [0.3, 0.4) is 0 Å². The van der Waals surface area contributed by atoms with Crippen molar-refractivity contribution in [3.05, 3.63) is 59.3 Å². The van der Waals surface area contributed by atoms with Gasteiger partial charge >= 0.3 is 12.1 Å². The molecule has 0 radical (unpaired) electrons. The number of amides is 1. The second-order valence-electron chi connectivity index (χ2n) is 8.47. The van der Waals surface area contributed by atoms with Crippen LogP contribution in [0, 0.1) is 0 Å². The van der Waals surface area contributed by atoms with Crippen LogP contribution in [-0.2, 0) is 12.7 Å². The van der Waals surface area contributed by atoms with Gasteiger partial charge in [0.15, 0.2) is 11.6 Å². The fourth-order valence-corrected chi connectivity index (χ4v) is 4.54. The predicted octanol–water partition coefficient (Wildman–Crippen LogP) is 3.12. The predicted molar refractivity (Wildman–Crippen MR) is 126 cm³/mol. The van der Waals surface area contributed by atoms with Gasteiger partial charge in [-0.3, -0.25) is 9.78 Å². The number of hydrogen-bond acceptors (Lipinski definition) is 11. The average Bonchev–Trinajstić information content (AvgIpc) is 3.52. The molecule has 192 valence electrons. The summed E-state index contributed by atoms with van der Waals surface area (Å²) in [5, 5.41) is 11.7. The Morgan fingerprint density at radius 3 is 2.68 bits per heavy atom. The van der Waals surface area contributed by atoms with E-state index in [4.69, 9.17) is 0 Å². The van der Waals surface area contributed by atoms with Crippen LogP contribution in [0.25, 0.3) is 10.7 Å². The molecular formula is C22H20F3N9O2S. The van der Waals surface area contributed by atoms with E-state index in [0.29, 0.717) is 41.2 Å². The molecule has 0 saturated carbocycles. The van der Waals surface area contributed by atoms with E-state index in [9.17, 15) is 18.0 Å².